The second-order valence-electron chi connectivity index (χ2n) is 5.88. The number of fused-ring (bicyclic) bond motifs is 1. The van der Waals surface area contributed by atoms with Crippen LogP contribution < -0.4 is 4.74 Å². The highest BCUT2D eigenvalue weighted by molar-refractivity contribution is 6.05. The van der Waals surface area contributed by atoms with Gasteiger partial charge >= 0.3 is 6.36 Å². The zero-order chi connectivity index (χ0) is 20.5. The number of aromatic nitrogens is 2. The number of para-hydroxylation sites is 1. The van der Waals surface area contributed by atoms with Crippen molar-refractivity contribution in [3.8, 4) is 5.75 Å². The SMILES string of the molecule is CN(Cc1ccccc1OC(F)(F)F)C(=O)c1n[nH]c2ccc([N+](=O)[O-])cc12. The van der Waals surface area contributed by atoms with Crippen LogP contribution in [0.15, 0.2) is 42.5 Å². The van der Waals surface area contributed by atoms with E-state index in [0.717, 1.165) is 11.0 Å². The van der Waals surface area contributed by atoms with E-state index in [1.807, 2.05) is 0 Å². The third-order valence-corrected chi connectivity index (χ3v) is 3.91. The highest BCUT2D eigenvalue weighted by Crippen LogP contribution is 2.28. The minimum Gasteiger partial charge on any atom is -0.405 e. The van der Waals surface area contributed by atoms with Crippen LogP contribution in [0.2, 0.25) is 0 Å². The van der Waals surface area contributed by atoms with E-state index in [1.54, 1.807) is 0 Å². The summed E-state index contributed by atoms with van der Waals surface area (Å²) in [6.07, 6.45) is -4.87. The summed E-state index contributed by atoms with van der Waals surface area (Å²) in [6, 6.07) is 9.34. The monoisotopic (exact) mass is 394 g/mol. The zero-order valence-electron chi connectivity index (χ0n) is 14.4. The van der Waals surface area contributed by atoms with Crippen LogP contribution in [0, 0.1) is 10.1 Å². The van der Waals surface area contributed by atoms with Crippen molar-refractivity contribution in [1.82, 2.24) is 15.1 Å². The Labute approximate surface area is 155 Å². The van der Waals surface area contributed by atoms with Gasteiger partial charge in [0.25, 0.3) is 11.6 Å². The average Bonchev–Trinajstić information content (AvgIpc) is 3.04. The minimum absolute atomic E-state index is 0.0737. The third kappa shape index (κ3) is 4.03. The summed E-state index contributed by atoms with van der Waals surface area (Å²) >= 11 is 0. The minimum atomic E-state index is -4.87. The van der Waals surface area contributed by atoms with Crippen molar-refractivity contribution in [2.24, 2.45) is 0 Å². The summed E-state index contributed by atoms with van der Waals surface area (Å²) in [7, 11) is 1.38. The molecule has 1 amide bonds. The first-order valence-electron chi connectivity index (χ1n) is 7.87. The van der Waals surface area contributed by atoms with Crippen LogP contribution in [-0.2, 0) is 6.54 Å². The van der Waals surface area contributed by atoms with Crippen LogP contribution in [0.5, 0.6) is 5.75 Å². The van der Waals surface area contributed by atoms with Crippen molar-refractivity contribution in [1.29, 1.82) is 0 Å². The fraction of sp³-hybridized carbons (Fsp3) is 0.176. The van der Waals surface area contributed by atoms with Gasteiger partial charge in [-0.1, -0.05) is 18.2 Å². The van der Waals surface area contributed by atoms with E-state index in [2.05, 4.69) is 14.9 Å². The number of nitro groups is 1. The fourth-order valence-corrected chi connectivity index (χ4v) is 2.65. The Bertz CT molecular complexity index is 1050. The molecule has 28 heavy (non-hydrogen) atoms. The van der Waals surface area contributed by atoms with Crippen LogP contribution in [0.25, 0.3) is 10.9 Å². The molecule has 0 aliphatic carbocycles. The lowest BCUT2D eigenvalue weighted by Crippen LogP contribution is -2.27. The second kappa shape index (κ2) is 7.18. The molecular weight excluding hydrogens is 381 g/mol. The Hall–Kier alpha value is -3.63. The number of hydrogen-bond acceptors (Lipinski definition) is 5. The standard InChI is InChI=1S/C17H13F3N4O4/c1-23(9-10-4-2-3-5-14(10)28-17(18,19)20)16(25)15-12-8-11(24(26)27)6-7-13(12)21-22-15/h2-8H,9H2,1H3,(H,21,22). The maximum atomic E-state index is 12.7. The maximum absolute atomic E-state index is 12.7. The Kier molecular flexibility index (Phi) is 4.91. The maximum Gasteiger partial charge on any atom is 0.573 e. The van der Waals surface area contributed by atoms with Crippen molar-refractivity contribution in [3.05, 3.63) is 63.8 Å². The molecule has 1 aromatic heterocycles. The van der Waals surface area contributed by atoms with E-state index in [1.165, 1.54) is 43.4 Å². The van der Waals surface area contributed by atoms with Crippen molar-refractivity contribution in [2.75, 3.05) is 7.05 Å². The van der Waals surface area contributed by atoms with Gasteiger partial charge < -0.3 is 9.64 Å². The molecule has 0 bridgehead atoms. The molecule has 8 nitrogen and oxygen atoms in total. The molecule has 0 radical (unpaired) electrons. The predicted molar refractivity (Wildman–Crippen MR) is 91.7 cm³/mol. The van der Waals surface area contributed by atoms with Gasteiger partial charge in [0, 0.05) is 36.7 Å². The largest absolute Gasteiger partial charge is 0.573 e. The molecule has 0 aliphatic heterocycles. The number of hydrogen-bond donors (Lipinski definition) is 1. The quantitative estimate of drug-likeness (QED) is 0.526. The van der Waals surface area contributed by atoms with Gasteiger partial charge in [-0.3, -0.25) is 20.0 Å². The van der Waals surface area contributed by atoms with Gasteiger partial charge in [0.05, 0.1) is 10.4 Å². The Morgan fingerprint density at radius 1 is 1.29 bits per heavy atom. The molecule has 1 N–H and O–H groups in total. The number of nitro benzene ring substituents is 1. The summed E-state index contributed by atoms with van der Waals surface area (Å²) in [4.78, 5) is 24.2. The molecule has 0 unspecified atom stereocenters. The first-order valence-corrected chi connectivity index (χ1v) is 7.87. The molecule has 2 aromatic carbocycles. The van der Waals surface area contributed by atoms with Gasteiger partial charge in [-0.2, -0.15) is 5.10 Å². The number of non-ortho nitro benzene ring substituents is 1. The zero-order valence-corrected chi connectivity index (χ0v) is 14.4. The van der Waals surface area contributed by atoms with Crippen LogP contribution in [0.3, 0.4) is 0 Å². The van der Waals surface area contributed by atoms with Gasteiger partial charge in [0.2, 0.25) is 0 Å². The molecule has 0 fully saturated rings. The second-order valence-corrected chi connectivity index (χ2v) is 5.88. The molecule has 0 atom stereocenters. The fourth-order valence-electron chi connectivity index (χ4n) is 2.65. The molecule has 0 saturated carbocycles. The van der Waals surface area contributed by atoms with Gasteiger partial charge in [0.15, 0.2) is 5.69 Å². The number of carbonyl (C=O) groups excluding carboxylic acids is 1. The smallest absolute Gasteiger partial charge is 0.405 e. The van der Waals surface area contributed by atoms with E-state index < -0.39 is 22.9 Å². The van der Waals surface area contributed by atoms with Crippen LogP contribution in [0.1, 0.15) is 16.1 Å². The lowest BCUT2D eigenvalue weighted by molar-refractivity contribution is -0.384. The molecule has 11 heteroatoms. The first-order chi connectivity index (χ1) is 13.2. The van der Waals surface area contributed by atoms with Crippen LogP contribution >= 0.6 is 0 Å². The van der Waals surface area contributed by atoms with Gasteiger partial charge in [-0.15, -0.1) is 13.2 Å². The molecule has 0 saturated heterocycles. The van der Waals surface area contributed by atoms with Crippen molar-refractivity contribution >= 4 is 22.5 Å². The van der Waals surface area contributed by atoms with Crippen molar-refractivity contribution in [2.45, 2.75) is 12.9 Å². The number of amides is 1. The lowest BCUT2D eigenvalue weighted by Gasteiger charge is -2.19. The van der Waals surface area contributed by atoms with E-state index in [4.69, 9.17) is 0 Å². The number of nitrogens with zero attached hydrogens (tertiary/aromatic N) is 3. The predicted octanol–water partition coefficient (Wildman–Crippen LogP) is 3.64. The molecule has 0 aliphatic rings. The highest BCUT2D eigenvalue weighted by atomic mass is 19.4. The summed E-state index contributed by atoms with van der Waals surface area (Å²) < 4.78 is 41.6. The third-order valence-electron chi connectivity index (χ3n) is 3.91. The topological polar surface area (TPSA) is 101 Å². The average molecular weight is 394 g/mol. The summed E-state index contributed by atoms with van der Waals surface area (Å²) in [5.41, 5.74) is 0.273. The van der Waals surface area contributed by atoms with E-state index >= 15 is 0 Å². The lowest BCUT2D eigenvalue weighted by atomic mass is 10.1. The summed E-state index contributed by atoms with van der Waals surface area (Å²) in [5, 5.41) is 17.7. The molecule has 0 spiro atoms. The molecule has 3 aromatic rings. The number of benzene rings is 2. The van der Waals surface area contributed by atoms with E-state index in [9.17, 15) is 28.1 Å². The highest BCUT2D eigenvalue weighted by Gasteiger charge is 2.32. The number of aromatic amines is 1. The summed E-state index contributed by atoms with van der Waals surface area (Å²) in [5.74, 6) is -1.04. The van der Waals surface area contributed by atoms with Crippen molar-refractivity contribution in [3.63, 3.8) is 0 Å². The number of carbonyl (C=O) groups is 1. The van der Waals surface area contributed by atoms with Crippen molar-refractivity contribution < 1.29 is 27.6 Å². The molecule has 3 rings (SSSR count). The van der Waals surface area contributed by atoms with Crippen LogP contribution in [-0.4, -0.2) is 39.3 Å². The first kappa shape index (κ1) is 19.1. The number of H-pyrrole nitrogens is 1. The summed E-state index contributed by atoms with van der Waals surface area (Å²) in [6.45, 7) is -0.186. The van der Waals surface area contributed by atoms with Crippen LogP contribution in [0.4, 0.5) is 18.9 Å². The normalized spacial score (nSPS) is 11.4. The molecule has 1 heterocycles. The molecule has 146 valence electrons. The molecular formula is C17H13F3N4O4. The van der Waals surface area contributed by atoms with Gasteiger partial charge in [-0.05, 0) is 12.1 Å². The number of rotatable bonds is 5. The van der Waals surface area contributed by atoms with E-state index in [0.29, 0.717) is 5.52 Å². The number of alkyl halides is 3. The number of halogens is 3. The Morgan fingerprint density at radius 3 is 2.68 bits per heavy atom. The van der Waals surface area contributed by atoms with E-state index in [-0.39, 0.29) is 28.9 Å². The number of nitrogens with one attached hydrogen (secondary N) is 1. The Morgan fingerprint density at radius 2 is 2.00 bits per heavy atom. The van der Waals surface area contributed by atoms with Gasteiger partial charge in [-0.25, -0.2) is 0 Å². The Balaban J connectivity index is 1.87. The number of ether oxygens (including phenoxy) is 1. The van der Waals surface area contributed by atoms with Gasteiger partial charge in [0.1, 0.15) is 5.75 Å².